The second-order valence-electron chi connectivity index (χ2n) is 5.93. The first kappa shape index (κ1) is 17.1. The van der Waals surface area contributed by atoms with Crippen molar-refractivity contribution in [1.29, 1.82) is 0 Å². The molecule has 4 rings (SSSR count). The molecule has 26 heavy (non-hydrogen) atoms. The van der Waals surface area contributed by atoms with E-state index in [2.05, 4.69) is 20.5 Å². The Hall–Kier alpha value is -2.36. The number of carbonyl (C=O) groups is 1. The fourth-order valence-electron chi connectivity index (χ4n) is 2.77. The molecule has 9 heteroatoms. The van der Waals surface area contributed by atoms with E-state index in [-0.39, 0.29) is 12.7 Å². The molecule has 2 aliphatic rings. The quantitative estimate of drug-likeness (QED) is 0.796. The van der Waals surface area contributed by atoms with Crippen molar-refractivity contribution in [2.45, 2.75) is 0 Å². The summed E-state index contributed by atoms with van der Waals surface area (Å²) in [5.74, 6) is 1.13. The first-order valence-corrected chi connectivity index (χ1v) is 9.30. The molecule has 0 atom stereocenters. The number of ether oxygens (including phenoxy) is 3. The highest BCUT2D eigenvalue weighted by Gasteiger charge is 2.16. The number of hydrogen-bond donors (Lipinski definition) is 2. The van der Waals surface area contributed by atoms with Gasteiger partial charge in [-0.1, -0.05) is 11.3 Å². The van der Waals surface area contributed by atoms with Crippen LogP contribution in [-0.4, -0.2) is 62.0 Å². The predicted octanol–water partition coefficient (Wildman–Crippen LogP) is 1.87. The Labute approximate surface area is 155 Å². The van der Waals surface area contributed by atoms with Crippen LogP contribution in [0.15, 0.2) is 24.4 Å². The highest BCUT2D eigenvalue weighted by atomic mass is 32.1. The van der Waals surface area contributed by atoms with Gasteiger partial charge < -0.3 is 24.8 Å². The highest BCUT2D eigenvalue weighted by Crippen LogP contribution is 2.34. The van der Waals surface area contributed by atoms with Gasteiger partial charge in [-0.25, -0.2) is 4.98 Å². The van der Waals surface area contributed by atoms with Crippen molar-refractivity contribution in [3.63, 3.8) is 0 Å². The van der Waals surface area contributed by atoms with Gasteiger partial charge in [0.2, 0.25) is 6.79 Å². The van der Waals surface area contributed by atoms with E-state index in [9.17, 15) is 4.79 Å². The number of rotatable bonds is 6. The summed E-state index contributed by atoms with van der Waals surface area (Å²) in [4.78, 5) is 19.6. The molecule has 1 aromatic carbocycles. The van der Waals surface area contributed by atoms with Crippen LogP contribution >= 0.6 is 11.3 Å². The van der Waals surface area contributed by atoms with E-state index < -0.39 is 0 Å². The number of fused-ring (bicyclic) bond motifs is 1. The monoisotopic (exact) mass is 376 g/mol. The van der Waals surface area contributed by atoms with E-state index in [1.54, 1.807) is 24.4 Å². The molecular weight excluding hydrogens is 356 g/mol. The third-order valence-corrected chi connectivity index (χ3v) is 5.12. The molecule has 0 spiro atoms. The third kappa shape index (κ3) is 4.06. The molecule has 3 heterocycles. The summed E-state index contributed by atoms with van der Waals surface area (Å²) in [5.41, 5.74) is 0.662. The van der Waals surface area contributed by atoms with Crippen molar-refractivity contribution in [2.75, 3.05) is 56.8 Å². The molecular formula is C17H20N4O4S. The van der Waals surface area contributed by atoms with Crippen LogP contribution < -0.4 is 20.1 Å². The van der Waals surface area contributed by atoms with Crippen LogP contribution in [0, 0.1) is 0 Å². The molecule has 1 saturated heterocycles. The zero-order valence-corrected chi connectivity index (χ0v) is 15.0. The topological polar surface area (TPSA) is 85.0 Å². The lowest BCUT2D eigenvalue weighted by atomic mass is 10.2. The van der Waals surface area contributed by atoms with Crippen molar-refractivity contribution in [1.82, 2.24) is 9.88 Å². The number of thiazole rings is 1. The average molecular weight is 376 g/mol. The van der Waals surface area contributed by atoms with Crippen LogP contribution in [-0.2, 0) is 4.74 Å². The van der Waals surface area contributed by atoms with Crippen molar-refractivity contribution in [3.05, 3.63) is 29.3 Å². The maximum absolute atomic E-state index is 12.4. The molecule has 138 valence electrons. The third-order valence-electron chi connectivity index (χ3n) is 4.17. The van der Waals surface area contributed by atoms with E-state index in [1.165, 1.54) is 11.3 Å². The largest absolute Gasteiger partial charge is 0.454 e. The van der Waals surface area contributed by atoms with Crippen molar-refractivity contribution >= 4 is 28.1 Å². The Kier molecular flexibility index (Phi) is 5.19. The molecule has 8 nitrogen and oxygen atoms in total. The summed E-state index contributed by atoms with van der Waals surface area (Å²) >= 11 is 1.34. The molecule has 1 amide bonds. The van der Waals surface area contributed by atoms with Crippen molar-refractivity contribution in [2.24, 2.45) is 0 Å². The first-order chi connectivity index (χ1) is 12.8. The second-order valence-corrected chi connectivity index (χ2v) is 6.96. The smallest absolute Gasteiger partial charge is 0.267 e. The fourth-order valence-corrected chi connectivity index (χ4v) is 3.51. The molecule has 0 unspecified atom stereocenters. The molecule has 0 saturated carbocycles. The fraction of sp³-hybridized carbons (Fsp3) is 0.412. The maximum atomic E-state index is 12.4. The van der Waals surface area contributed by atoms with E-state index in [0.29, 0.717) is 22.1 Å². The first-order valence-electron chi connectivity index (χ1n) is 8.49. The van der Waals surface area contributed by atoms with Gasteiger partial charge in [0.05, 0.1) is 19.4 Å². The zero-order chi connectivity index (χ0) is 17.8. The van der Waals surface area contributed by atoms with Gasteiger partial charge in [0.15, 0.2) is 16.6 Å². The Morgan fingerprint density at radius 2 is 2.08 bits per heavy atom. The van der Waals surface area contributed by atoms with Crippen LogP contribution in [0.5, 0.6) is 11.5 Å². The summed E-state index contributed by atoms with van der Waals surface area (Å²) in [6, 6.07) is 5.32. The minimum absolute atomic E-state index is 0.192. The number of morpholine rings is 1. The number of amides is 1. The lowest BCUT2D eigenvalue weighted by Gasteiger charge is -2.26. The standard InChI is InChI=1S/C17H20N4O4S/c22-16(20-12-1-2-13-14(9-12)25-11-24-13)15-10-19-17(26-15)18-3-4-21-5-7-23-8-6-21/h1-2,9-10H,3-8,11H2,(H,18,19)(H,20,22). The molecule has 2 aromatic rings. The van der Waals surface area contributed by atoms with Gasteiger partial charge in [0.25, 0.3) is 5.91 Å². The zero-order valence-electron chi connectivity index (χ0n) is 14.2. The Morgan fingerprint density at radius 1 is 1.23 bits per heavy atom. The molecule has 2 aliphatic heterocycles. The summed E-state index contributed by atoms with van der Waals surface area (Å²) in [6.45, 7) is 5.44. The van der Waals surface area contributed by atoms with E-state index >= 15 is 0 Å². The Balaban J connectivity index is 1.28. The molecule has 0 radical (unpaired) electrons. The van der Waals surface area contributed by atoms with E-state index in [4.69, 9.17) is 14.2 Å². The van der Waals surface area contributed by atoms with Gasteiger partial charge in [-0.05, 0) is 12.1 Å². The number of anilines is 2. The number of carbonyl (C=O) groups excluding carboxylic acids is 1. The molecule has 0 bridgehead atoms. The number of hydrogen-bond acceptors (Lipinski definition) is 8. The highest BCUT2D eigenvalue weighted by molar-refractivity contribution is 7.17. The van der Waals surface area contributed by atoms with Crippen LogP contribution in [0.2, 0.25) is 0 Å². The molecule has 1 fully saturated rings. The van der Waals surface area contributed by atoms with Gasteiger partial charge in [-0.2, -0.15) is 0 Å². The minimum Gasteiger partial charge on any atom is -0.454 e. The normalized spacial score (nSPS) is 16.5. The number of benzene rings is 1. The summed E-state index contributed by atoms with van der Waals surface area (Å²) in [5, 5.41) is 6.87. The Morgan fingerprint density at radius 3 is 2.96 bits per heavy atom. The number of nitrogens with one attached hydrogen (secondary N) is 2. The van der Waals surface area contributed by atoms with Crippen molar-refractivity contribution in [3.8, 4) is 11.5 Å². The predicted molar refractivity (Wildman–Crippen MR) is 98.4 cm³/mol. The van der Waals surface area contributed by atoms with Gasteiger partial charge in [0.1, 0.15) is 4.88 Å². The van der Waals surface area contributed by atoms with Crippen LogP contribution in [0.3, 0.4) is 0 Å². The van der Waals surface area contributed by atoms with Gasteiger partial charge in [-0.3, -0.25) is 9.69 Å². The molecule has 0 aliphatic carbocycles. The van der Waals surface area contributed by atoms with E-state index in [0.717, 1.165) is 44.5 Å². The van der Waals surface area contributed by atoms with E-state index in [1.807, 2.05) is 0 Å². The number of aromatic nitrogens is 1. The van der Waals surface area contributed by atoms with Gasteiger partial charge in [-0.15, -0.1) is 0 Å². The Bertz CT molecular complexity index is 776. The maximum Gasteiger partial charge on any atom is 0.267 e. The summed E-state index contributed by atoms with van der Waals surface area (Å²) in [6.07, 6.45) is 1.59. The molecule has 1 aromatic heterocycles. The van der Waals surface area contributed by atoms with Gasteiger partial charge in [0, 0.05) is 37.9 Å². The molecule has 2 N–H and O–H groups in total. The minimum atomic E-state index is -0.192. The van der Waals surface area contributed by atoms with Gasteiger partial charge >= 0.3 is 0 Å². The lowest BCUT2D eigenvalue weighted by molar-refractivity contribution is 0.0398. The average Bonchev–Trinajstić information content (AvgIpc) is 3.31. The number of nitrogens with zero attached hydrogens (tertiary/aromatic N) is 2. The van der Waals surface area contributed by atoms with Crippen molar-refractivity contribution < 1.29 is 19.0 Å². The second kappa shape index (κ2) is 7.90. The summed E-state index contributed by atoms with van der Waals surface area (Å²) < 4.78 is 15.9. The van der Waals surface area contributed by atoms with Crippen LogP contribution in [0.4, 0.5) is 10.8 Å². The SMILES string of the molecule is O=C(Nc1ccc2c(c1)OCO2)c1cnc(NCCN2CCOCC2)s1. The summed E-state index contributed by atoms with van der Waals surface area (Å²) in [7, 11) is 0. The lowest BCUT2D eigenvalue weighted by Crippen LogP contribution is -2.38. The van der Waals surface area contributed by atoms with Crippen LogP contribution in [0.1, 0.15) is 9.67 Å². The van der Waals surface area contributed by atoms with Crippen LogP contribution in [0.25, 0.3) is 0 Å².